The quantitative estimate of drug-likeness (QED) is 0.261. The molecule has 0 aromatic heterocycles. The molecule has 1 aliphatic rings. The van der Waals surface area contributed by atoms with Crippen molar-refractivity contribution >= 4 is 0 Å². The number of hydrogen-bond donors (Lipinski definition) is 2. The van der Waals surface area contributed by atoms with Gasteiger partial charge in [-0.3, -0.25) is 4.90 Å². The van der Waals surface area contributed by atoms with Crippen LogP contribution in [0, 0.1) is 0 Å². The van der Waals surface area contributed by atoms with Gasteiger partial charge in [-0.25, -0.2) is 0 Å². The molecule has 202 valence electrons. The second-order valence-corrected chi connectivity index (χ2v) is 10.4. The summed E-state index contributed by atoms with van der Waals surface area (Å²) in [6.07, 6.45) is 0.146. The SMILES string of the molecule is C[C@@H](c1ccccc1)N(C)C[C@@H]1C[C@H](c2ccc(CO)cc2)O[C@H](c2ccc(-c3ccccc3CN)cc2)O1. The van der Waals surface area contributed by atoms with Gasteiger partial charge in [0.1, 0.15) is 0 Å². The van der Waals surface area contributed by atoms with Crippen molar-refractivity contribution in [3.63, 3.8) is 0 Å². The fourth-order valence-electron chi connectivity index (χ4n) is 5.30. The lowest BCUT2D eigenvalue weighted by molar-refractivity contribution is -0.253. The predicted molar refractivity (Wildman–Crippen MR) is 156 cm³/mol. The molecule has 3 N–H and O–H groups in total. The molecule has 0 saturated carbocycles. The summed E-state index contributed by atoms with van der Waals surface area (Å²) in [6, 6.07) is 35.5. The number of aliphatic hydroxyl groups excluding tert-OH is 1. The Balaban J connectivity index is 1.38. The third-order valence-corrected chi connectivity index (χ3v) is 7.78. The summed E-state index contributed by atoms with van der Waals surface area (Å²) in [4.78, 5) is 2.35. The molecular weight excluding hydrogens is 484 g/mol. The first-order chi connectivity index (χ1) is 19.1. The molecule has 0 amide bonds. The molecular formula is C34H38N2O3. The minimum absolute atomic E-state index is 0.0138. The van der Waals surface area contributed by atoms with E-state index in [1.807, 2.05) is 24.3 Å². The van der Waals surface area contributed by atoms with E-state index in [-0.39, 0.29) is 24.9 Å². The molecule has 5 nitrogen and oxygen atoms in total. The van der Waals surface area contributed by atoms with Crippen molar-refractivity contribution in [1.29, 1.82) is 0 Å². The summed E-state index contributed by atoms with van der Waals surface area (Å²) >= 11 is 0. The Morgan fingerprint density at radius 2 is 1.51 bits per heavy atom. The Morgan fingerprint density at radius 3 is 2.21 bits per heavy atom. The van der Waals surface area contributed by atoms with Crippen LogP contribution in [0.15, 0.2) is 103 Å². The van der Waals surface area contributed by atoms with Gasteiger partial charge in [-0.2, -0.15) is 0 Å². The van der Waals surface area contributed by atoms with Crippen LogP contribution in [0.4, 0.5) is 0 Å². The molecule has 5 rings (SSSR count). The largest absolute Gasteiger partial charge is 0.392 e. The maximum absolute atomic E-state index is 9.49. The van der Waals surface area contributed by atoms with E-state index in [2.05, 4.69) is 97.7 Å². The van der Waals surface area contributed by atoms with E-state index >= 15 is 0 Å². The monoisotopic (exact) mass is 522 g/mol. The Labute approximate surface area is 231 Å². The maximum atomic E-state index is 9.49. The lowest BCUT2D eigenvalue weighted by Crippen LogP contribution is -2.38. The lowest BCUT2D eigenvalue weighted by atomic mass is 9.97. The van der Waals surface area contributed by atoms with E-state index in [4.69, 9.17) is 15.2 Å². The number of benzene rings is 4. The van der Waals surface area contributed by atoms with Gasteiger partial charge in [0.15, 0.2) is 6.29 Å². The van der Waals surface area contributed by atoms with Gasteiger partial charge < -0.3 is 20.3 Å². The van der Waals surface area contributed by atoms with Crippen molar-refractivity contribution in [2.75, 3.05) is 13.6 Å². The smallest absolute Gasteiger partial charge is 0.184 e. The average Bonchev–Trinajstić information content (AvgIpc) is 3.01. The molecule has 4 aromatic carbocycles. The Morgan fingerprint density at radius 1 is 0.846 bits per heavy atom. The summed E-state index contributed by atoms with van der Waals surface area (Å²) in [5.74, 6) is 0. The second kappa shape index (κ2) is 12.7. The fourth-order valence-corrected chi connectivity index (χ4v) is 5.30. The molecule has 0 aliphatic carbocycles. The molecule has 0 spiro atoms. The minimum atomic E-state index is -0.481. The van der Waals surface area contributed by atoms with Crippen LogP contribution in [-0.4, -0.2) is 29.7 Å². The van der Waals surface area contributed by atoms with Gasteiger partial charge in [0, 0.05) is 31.1 Å². The highest BCUT2D eigenvalue weighted by atomic mass is 16.7. The minimum Gasteiger partial charge on any atom is -0.392 e. The Bertz CT molecular complexity index is 1320. The van der Waals surface area contributed by atoms with E-state index in [9.17, 15) is 5.11 Å². The van der Waals surface area contributed by atoms with Crippen LogP contribution in [0.2, 0.25) is 0 Å². The van der Waals surface area contributed by atoms with E-state index in [1.54, 1.807) is 0 Å². The summed E-state index contributed by atoms with van der Waals surface area (Å²) in [6.45, 7) is 3.54. The topological polar surface area (TPSA) is 68.0 Å². The standard InChI is InChI=1S/C34H38N2O3/c1-24(26-8-4-3-5-9-26)36(2)22-31-20-33(28-14-12-25(23-37)13-15-28)39-34(38-31)29-18-16-27(17-19-29)32-11-7-6-10-30(32)21-35/h3-19,24,31,33-34,37H,20-23,35H2,1-2H3/t24-,31-,33+,34+/m0/s1. The van der Waals surface area contributed by atoms with Crippen LogP contribution >= 0.6 is 0 Å². The summed E-state index contributed by atoms with van der Waals surface area (Å²) in [5.41, 5.74) is 13.6. The number of nitrogens with zero attached hydrogens (tertiary/aromatic N) is 1. The number of aliphatic hydroxyl groups is 1. The third kappa shape index (κ3) is 6.47. The van der Waals surface area contributed by atoms with Crippen LogP contribution in [0.25, 0.3) is 11.1 Å². The van der Waals surface area contributed by atoms with Crippen molar-refractivity contribution in [3.8, 4) is 11.1 Å². The van der Waals surface area contributed by atoms with Crippen LogP contribution in [-0.2, 0) is 22.6 Å². The van der Waals surface area contributed by atoms with Gasteiger partial charge in [-0.15, -0.1) is 0 Å². The average molecular weight is 523 g/mol. The molecule has 39 heavy (non-hydrogen) atoms. The molecule has 1 heterocycles. The predicted octanol–water partition coefficient (Wildman–Crippen LogP) is 6.54. The highest BCUT2D eigenvalue weighted by Gasteiger charge is 2.33. The van der Waals surface area contributed by atoms with Gasteiger partial charge in [0.2, 0.25) is 0 Å². The summed E-state index contributed by atoms with van der Waals surface area (Å²) < 4.78 is 13.1. The number of ether oxygens (including phenoxy) is 2. The van der Waals surface area contributed by atoms with Gasteiger partial charge in [0.05, 0.1) is 18.8 Å². The van der Waals surface area contributed by atoms with E-state index in [0.717, 1.165) is 46.3 Å². The van der Waals surface area contributed by atoms with Crippen molar-refractivity contribution in [2.24, 2.45) is 5.73 Å². The zero-order chi connectivity index (χ0) is 27.2. The zero-order valence-corrected chi connectivity index (χ0v) is 22.7. The van der Waals surface area contributed by atoms with Gasteiger partial charge >= 0.3 is 0 Å². The first-order valence-corrected chi connectivity index (χ1v) is 13.7. The zero-order valence-electron chi connectivity index (χ0n) is 22.7. The van der Waals surface area contributed by atoms with E-state index in [0.29, 0.717) is 6.54 Å². The number of rotatable bonds is 9. The van der Waals surface area contributed by atoms with Crippen LogP contribution in [0.5, 0.6) is 0 Å². The third-order valence-electron chi connectivity index (χ3n) is 7.78. The second-order valence-electron chi connectivity index (χ2n) is 10.4. The molecule has 0 unspecified atom stereocenters. The van der Waals surface area contributed by atoms with Crippen LogP contribution < -0.4 is 5.73 Å². The molecule has 4 aromatic rings. The highest BCUT2D eigenvalue weighted by Crippen LogP contribution is 2.39. The Kier molecular flexibility index (Phi) is 8.87. The summed E-state index contributed by atoms with van der Waals surface area (Å²) in [5, 5.41) is 9.49. The first-order valence-electron chi connectivity index (χ1n) is 13.7. The van der Waals surface area contributed by atoms with Gasteiger partial charge in [-0.05, 0) is 47.4 Å². The van der Waals surface area contributed by atoms with Crippen LogP contribution in [0.1, 0.15) is 59.6 Å². The van der Waals surface area contributed by atoms with E-state index < -0.39 is 6.29 Å². The normalized spacial score (nSPS) is 20.2. The number of hydrogen-bond acceptors (Lipinski definition) is 5. The molecule has 4 atom stereocenters. The van der Waals surface area contributed by atoms with Crippen LogP contribution in [0.3, 0.4) is 0 Å². The van der Waals surface area contributed by atoms with E-state index in [1.165, 1.54) is 5.56 Å². The van der Waals surface area contributed by atoms with Gasteiger partial charge in [0.25, 0.3) is 0 Å². The molecule has 0 radical (unpaired) electrons. The number of nitrogens with two attached hydrogens (primary N) is 1. The summed E-state index contributed by atoms with van der Waals surface area (Å²) in [7, 11) is 2.15. The molecule has 1 saturated heterocycles. The van der Waals surface area contributed by atoms with Gasteiger partial charge in [-0.1, -0.05) is 103 Å². The Hall–Kier alpha value is -3.32. The van der Waals surface area contributed by atoms with Crippen molar-refractivity contribution in [1.82, 2.24) is 4.90 Å². The number of likely N-dealkylation sites (N-methyl/N-ethyl adjacent to an activating group) is 1. The molecule has 1 fully saturated rings. The maximum Gasteiger partial charge on any atom is 0.184 e. The lowest BCUT2D eigenvalue weighted by Gasteiger charge is -2.39. The molecule has 1 aliphatic heterocycles. The van der Waals surface area contributed by atoms with Crippen molar-refractivity contribution < 1.29 is 14.6 Å². The first kappa shape index (κ1) is 27.3. The highest BCUT2D eigenvalue weighted by molar-refractivity contribution is 5.67. The molecule has 5 heteroatoms. The van der Waals surface area contributed by atoms with Crippen molar-refractivity contribution in [3.05, 3.63) is 131 Å². The fraction of sp³-hybridized carbons (Fsp3) is 0.294. The van der Waals surface area contributed by atoms with Crippen molar-refractivity contribution in [2.45, 2.75) is 51.0 Å². The molecule has 0 bridgehead atoms.